The first-order chi connectivity index (χ1) is 11.8. The fourth-order valence-corrected chi connectivity index (χ4v) is 3.58. The van der Waals surface area contributed by atoms with Crippen LogP contribution >= 0.6 is 0 Å². The van der Waals surface area contributed by atoms with Gasteiger partial charge in [-0.25, -0.2) is 0 Å². The molecule has 0 heterocycles. The van der Waals surface area contributed by atoms with E-state index in [1.54, 1.807) is 12.1 Å². The molecule has 2 aromatic carbocycles. The van der Waals surface area contributed by atoms with Gasteiger partial charge in [0.1, 0.15) is 12.4 Å². The van der Waals surface area contributed by atoms with E-state index in [1.165, 1.54) is 43.2 Å². The number of ether oxygens (including phenoxy) is 1. The lowest BCUT2D eigenvalue weighted by atomic mass is 9.78. The Labute approximate surface area is 145 Å². The summed E-state index contributed by atoms with van der Waals surface area (Å²) in [5.74, 6) is 2.48. The van der Waals surface area contributed by atoms with Crippen LogP contribution < -0.4 is 4.74 Å². The molecule has 0 aromatic heterocycles. The van der Waals surface area contributed by atoms with Crippen molar-refractivity contribution in [3.63, 3.8) is 0 Å². The summed E-state index contributed by atoms with van der Waals surface area (Å²) < 4.78 is 5.80. The Bertz CT molecular complexity index is 673. The molecule has 1 saturated carbocycles. The largest absolute Gasteiger partial charge is 0.489 e. The van der Waals surface area contributed by atoms with Gasteiger partial charge in [0.25, 0.3) is 0 Å². The van der Waals surface area contributed by atoms with Crippen molar-refractivity contribution in [2.24, 2.45) is 5.92 Å². The number of hydrogen-bond acceptors (Lipinski definition) is 2. The van der Waals surface area contributed by atoms with Crippen molar-refractivity contribution >= 4 is 0 Å². The number of rotatable bonds is 5. The Balaban J connectivity index is 1.53. The van der Waals surface area contributed by atoms with Crippen LogP contribution in [-0.4, -0.2) is 0 Å². The van der Waals surface area contributed by atoms with Crippen LogP contribution in [-0.2, 0) is 6.61 Å². The van der Waals surface area contributed by atoms with Crippen molar-refractivity contribution in [2.45, 2.75) is 51.6 Å². The maximum atomic E-state index is 8.81. The van der Waals surface area contributed by atoms with Gasteiger partial charge in [0.15, 0.2) is 0 Å². The highest BCUT2D eigenvalue weighted by molar-refractivity contribution is 5.34. The second-order valence-corrected chi connectivity index (χ2v) is 6.79. The molecule has 0 amide bonds. The van der Waals surface area contributed by atoms with Gasteiger partial charge < -0.3 is 4.74 Å². The Kier molecular flexibility index (Phi) is 5.54. The monoisotopic (exact) mass is 319 g/mol. The lowest BCUT2D eigenvalue weighted by Crippen LogP contribution is -2.12. The summed E-state index contributed by atoms with van der Waals surface area (Å²) in [5, 5.41) is 8.81. The Hall–Kier alpha value is -2.27. The summed E-state index contributed by atoms with van der Waals surface area (Å²) in [5.41, 5.74) is 3.32. The lowest BCUT2D eigenvalue weighted by Gasteiger charge is -2.28. The maximum absolute atomic E-state index is 8.81. The first-order valence-corrected chi connectivity index (χ1v) is 9.00. The van der Waals surface area contributed by atoms with Crippen LogP contribution in [0.15, 0.2) is 48.5 Å². The van der Waals surface area contributed by atoms with E-state index in [0.717, 1.165) is 17.6 Å². The van der Waals surface area contributed by atoms with Crippen LogP contribution in [0.4, 0.5) is 0 Å². The molecule has 1 aliphatic rings. The van der Waals surface area contributed by atoms with Gasteiger partial charge in [0.2, 0.25) is 0 Å². The smallest absolute Gasteiger partial charge is 0.119 e. The Morgan fingerprint density at radius 3 is 2.21 bits per heavy atom. The van der Waals surface area contributed by atoms with Crippen molar-refractivity contribution < 1.29 is 4.74 Å². The zero-order valence-corrected chi connectivity index (χ0v) is 14.4. The Morgan fingerprint density at radius 1 is 0.958 bits per heavy atom. The SMILES string of the molecule is CCC1CCC(c2ccc(COc3ccc(C#N)cc3)cc2)CC1. The highest BCUT2D eigenvalue weighted by Crippen LogP contribution is 2.36. The molecular formula is C22H25NO. The molecule has 124 valence electrons. The van der Waals surface area contributed by atoms with E-state index in [1.807, 2.05) is 12.1 Å². The van der Waals surface area contributed by atoms with E-state index in [4.69, 9.17) is 10.00 Å². The van der Waals surface area contributed by atoms with Gasteiger partial charge in [-0.2, -0.15) is 5.26 Å². The third-order valence-electron chi connectivity index (χ3n) is 5.26. The van der Waals surface area contributed by atoms with E-state index in [2.05, 4.69) is 37.3 Å². The molecule has 0 N–H and O–H groups in total. The van der Waals surface area contributed by atoms with Gasteiger partial charge in [-0.15, -0.1) is 0 Å². The summed E-state index contributed by atoms with van der Waals surface area (Å²) in [6, 6.07) is 18.3. The first-order valence-electron chi connectivity index (χ1n) is 9.00. The highest BCUT2D eigenvalue weighted by Gasteiger charge is 2.21. The number of nitriles is 1. The maximum Gasteiger partial charge on any atom is 0.119 e. The predicted molar refractivity (Wildman–Crippen MR) is 96.9 cm³/mol. The van der Waals surface area contributed by atoms with Crippen molar-refractivity contribution in [1.82, 2.24) is 0 Å². The molecule has 1 fully saturated rings. The molecular weight excluding hydrogens is 294 g/mol. The second-order valence-electron chi connectivity index (χ2n) is 6.79. The van der Waals surface area contributed by atoms with Gasteiger partial charge in [-0.1, -0.05) is 37.6 Å². The quantitative estimate of drug-likeness (QED) is 0.695. The third kappa shape index (κ3) is 4.17. The minimum Gasteiger partial charge on any atom is -0.489 e. The van der Waals surface area contributed by atoms with Gasteiger partial charge >= 0.3 is 0 Å². The van der Waals surface area contributed by atoms with Crippen LogP contribution in [0.2, 0.25) is 0 Å². The number of hydrogen-bond donors (Lipinski definition) is 0. The van der Waals surface area contributed by atoms with E-state index in [9.17, 15) is 0 Å². The van der Waals surface area contributed by atoms with E-state index in [-0.39, 0.29) is 0 Å². The van der Waals surface area contributed by atoms with Crippen LogP contribution in [0, 0.1) is 17.2 Å². The fraction of sp³-hybridized carbons (Fsp3) is 0.409. The fourth-order valence-electron chi connectivity index (χ4n) is 3.58. The molecule has 0 spiro atoms. The Morgan fingerprint density at radius 2 is 1.62 bits per heavy atom. The highest BCUT2D eigenvalue weighted by atomic mass is 16.5. The lowest BCUT2D eigenvalue weighted by molar-refractivity contribution is 0.305. The minimum absolute atomic E-state index is 0.564. The molecule has 0 saturated heterocycles. The molecule has 2 aromatic rings. The minimum atomic E-state index is 0.564. The molecule has 1 aliphatic carbocycles. The standard InChI is InChI=1S/C22H25NO/c1-2-17-3-9-20(10-4-17)21-11-5-19(6-12-21)16-24-22-13-7-18(15-23)8-14-22/h5-8,11-14,17,20H,2-4,9-10,16H2,1H3. The van der Waals surface area contributed by atoms with Crippen LogP contribution in [0.3, 0.4) is 0 Å². The molecule has 0 bridgehead atoms. The molecule has 24 heavy (non-hydrogen) atoms. The topological polar surface area (TPSA) is 33.0 Å². The molecule has 2 heteroatoms. The summed E-state index contributed by atoms with van der Waals surface area (Å²) in [7, 11) is 0. The predicted octanol–water partition coefficient (Wildman–Crippen LogP) is 5.82. The van der Waals surface area contributed by atoms with Gasteiger partial charge in [0, 0.05) is 0 Å². The summed E-state index contributed by atoms with van der Waals surface area (Å²) in [6.45, 7) is 2.88. The van der Waals surface area contributed by atoms with Gasteiger partial charge in [-0.3, -0.25) is 0 Å². The van der Waals surface area contributed by atoms with Gasteiger partial charge in [0.05, 0.1) is 11.6 Å². The summed E-state index contributed by atoms with van der Waals surface area (Å²) >= 11 is 0. The molecule has 2 nitrogen and oxygen atoms in total. The third-order valence-corrected chi connectivity index (χ3v) is 5.26. The van der Waals surface area contributed by atoms with Crippen LogP contribution in [0.1, 0.15) is 61.6 Å². The number of nitrogens with zero attached hydrogens (tertiary/aromatic N) is 1. The van der Waals surface area contributed by atoms with E-state index >= 15 is 0 Å². The van der Waals surface area contributed by atoms with E-state index < -0.39 is 0 Å². The van der Waals surface area contributed by atoms with Crippen LogP contribution in [0.25, 0.3) is 0 Å². The van der Waals surface area contributed by atoms with E-state index in [0.29, 0.717) is 12.2 Å². The first kappa shape index (κ1) is 16.6. The molecule has 3 rings (SSSR count). The van der Waals surface area contributed by atoms with Crippen molar-refractivity contribution in [3.8, 4) is 11.8 Å². The molecule has 0 atom stereocenters. The normalized spacial score (nSPS) is 20.3. The van der Waals surface area contributed by atoms with Crippen LogP contribution in [0.5, 0.6) is 5.75 Å². The summed E-state index contributed by atoms with van der Waals surface area (Å²) in [4.78, 5) is 0. The average molecular weight is 319 g/mol. The second kappa shape index (κ2) is 8.02. The average Bonchev–Trinajstić information content (AvgIpc) is 2.67. The molecule has 0 radical (unpaired) electrons. The zero-order valence-electron chi connectivity index (χ0n) is 14.4. The number of benzene rings is 2. The zero-order chi connectivity index (χ0) is 16.8. The van der Waals surface area contributed by atoms with Crippen molar-refractivity contribution in [3.05, 3.63) is 65.2 Å². The molecule has 0 aliphatic heterocycles. The van der Waals surface area contributed by atoms with Crippen molar-refractivity contribution in [1.29, 1.82) is 5.26 Å². The van der Waals surface area contributed by atoms with Gasteiger partial charge in [-0.05, 0) is 72.9 Å². The van der Waals surface area contributed by atoms with Crippen molar-refractivity contribution in [2.75, 3.05) is 0 Å². The summed E-state index contributed by atoms with van der Waals surface area (Å²) in [6.07, 6.45) is 6.76. The molecule has 0 unspecified atom stereocenters.